The molecule has 0 aromatic heterocycles. The third kappa shape index (κ3) is 2.23. The molecule has 20 heavy (non-hydrogen) atoms. The van der Waals surface area contributed by atoms with Crippen molar-refractivity contribution < 1.29 is 9.53 Å². The molecule has 108 valence electrons. The fraction of sp³-hybridized carbons (Fsp3) is 0.562. The number of rotatable bonds is 2. The molecular weight excluding hydrogens is 274 g/mol. The minimum absolute atomic E-state index is 0.0649. The predicted molar refractivity (Wildman–Crippen MR) is 78.9 cm³/mol. The van der Waals surface area contributed by atoms with E-state index in [4.69, 9.17) is 16.3 Å². The number of nitrogens with zero attached hydrogens (tertiary/aromatic N) is 1. The second-order valence-electron chi connectivity index (χ2n) is 5.91. The molecule has 0 spiro atoms. The lowest BCUT2D eigenvalue weighted by Crippen LogP contribution is -2.49. The van der Waals surface area contributed by atoms with Crippen LogP contribution < -0.4 is 0 Å². The van der Waals surface area contributed by atoms with Crippen molar-refractivity contribution in [3.8, 4) is 0 Å². The number of halogens is 1. The van der Waals surface area contributed by atoms with E-state index in [0.29, 0.717) is 12.1 Å². The second-order valence-corrected chi connectivity index (χ2v) is 6.34. The minimum atomic E-state index is -0.0813. The number of carbonyl (C=O) groups is 1. The number of hydrogen-bond acceptors (Lipinski definition) is 3. The molecular formula is C16H20ClNO2. The summed E-state index contributed by atoms with van der Waals surface area (Å²) in [4.78, 5) is 14.6. The molecule has 0 amide bonds. The van der Waals surface area contributed by atoms with E-state index in [9.17, 15) is 4.79 Å². The number of carbonyl (C=O) groups excluding carboxylic acids is 1. The van der Waals surface area contributed by atoms with Crippen LogP contribution >= 0.6 is 11.6 Å². The van der Waals surface area contributed by atoms with Gasteiger partial charge in [0.15, 0.2) is 0 Å². The molecule has 0 radical (unpaired) electrons. The molecule has 2 fully saturated rings. The fourth-order valence-corrected chi connectivity index (χ4v) is 4.10. The second kappa shape index (κ2) is 5.38. The van der Waals surface area contributed by atoms with Crippen LogP contribution in [0.4, 0.5) is 0 Å². The van der Waals surface area contributed by atoms with Crippen molar-refractivity contribution >= 4 is 17.6 Å². The number of esters is 1. The third-order valence-corrected chi connectivity index (χ3v) is 5.29. The van der Waals surface area contributed by atoms with E-state index in [1.807, 2.05) is 24.3 Å². The van der Waals surface area contributed by atoms with E-state index in [1.165, 1.54) is 19.1 Å². The van der Waals surface area contributed by atoms with Gasteiger partial charge in [0.2, 0.25) is 0 Å². The zero-order valence-corrected chi connectivity index (χ0v) is 12.6. The van der Waals surface area contributed by atoms with Crippen molar-refractivity contribution in [2.45, 2.75) is 37.3 Å². The Kier molecular flexibility index (Phi) is 3.74. The van der Waals surface area contributed by atoms with Crippen molar-refractivity contribution in [3.63, 3.8) is 0 Å². The first kappa shape index (κ1) is 13.9. The topological polar surface area (TPSA) is 29.5 Å². The van der Waals surface area contributed by atoms with E-state index in [2.05, 4.69) is 11.9 Å². The standard InChI is InChI=1S/C16H20ClNO2/c1-18-12-7-8-14(18)15(16(19)20-2)13(9-12)10-3-5-11(17)6-4-10/h3-6,12-15H,7-9H2,1-2H3/t12-,13-,14-,15+/m1/s1. The van der Waals surface area contributed by atoms with Crippen LogP contribution in [0.3, 0.4) is 0 Å². The van der Waals surface area contributed by atoms with Gasteiger partial charge in [-0.15, -0.1) is 0 Å². The number of methoxy groups -OCH3 is 1. The summed E-state index contributed by atoms with van der Waals surface area (Å²) in [6.07, 6.45) is 3.29. The van der Waals surface area contributed by atoms with Gasteiger partial charge < -0.3 is 4.74 Å². The molecule has 2 aliphatic heterocycles. The lowest BCUT2D eigenvalue weighted by Gasteiger charge is -2.41. The van der Waals surface area contributed by atoms with Gasteiger partial charge in [-0.3, -0.25) is 9.69 Å². The molecule has 0 N–H and O–H groups in total. The lowest BCUT2D eigenvalue weighted by molar-refractivity contribution is -0.150. The summed E-state index contributed by atoms with van der Waals surface area (Å²) in [6, 6.07) is 8.81. The normalized spacial score (nSPS) is 33.1. The predicted octanol–water partition coefficient (Wildman–Crippen LogP) is 3.08. The molecule has 2 aliphatic rings. The van der Waals surface area contributed by atoms with Crippen molar-refractivity contribution in [3.05, 3.63) is 34.9 Å². The summed E-state index contributed by atoms with van der Waals surface area (Å²) in [6.45, 7) is 0. The monoisotopic (exact) mass is 293 g/mol. The number of piperidine rings is 1. The van der Waals surface area contributed by atoms with Crippen LogP contribution in [0, 0.1) is 5.92 Å². The van der Waals surface area contributed by atoms with Gasteiger partial charge in [-0.25, -0.2) is 0 Å². The highest BCUT2D eigenvalue weighted by molar-refractivity contribution is 6.30. The number of fused-ring (bicyclic) bond motifs is 2. The van der Waals surface area contributed by atoms with E-state index in [0.717, 1.165) is 17.9 Å². The van der Waals surface area contributed by atoms with Crippen molar-refractivity contribution in [2.75, 3.05) is 14.2 Å². The average Bonchev–Trinajstić information content (AvgIpc) is 2.70. The Morgan fingerprint density at radius 2 is 2.00 bits per heavy atom. The van der Waals surface area contributed by atoms with Gasteiger partial charge >= 0.3 is 5.97 Å². The first-order valence-corrected chi connectivity index (χ1v) is 7.55. The Morgan fingerprint density at radius 1 is 1.30 bits per heavy atom. The van der Waals surface area contributed by atoms with Gasteiger partial charge in [0.05, 0.1) is 13.0 Å². The largest absolute Gasteiger partial charge is 0.469 e. The van der Waals surface area contributed by atoms with Gasteiger partial charge in [0.25, 0.3) is 0 Å². The molecule has 2 heterocycles. The van der Waals surface area contributed by atoms with Gasteiger partial charge in [-0.2, -0.15) is 0 Å². The summed E-state index contributed by atoms with van der Waals surface area (Å²) >= 11 is 5.97. The Balaban J connectivity index is 1.95. The maximum atomic E-state index is 12.3. The quantitative estimate of drug-likeness (QED) is 0.785. The van der Waals surface area contributed by atoms with Crippen molar-refractivity contribution in [1.82, 2.24) is 4.90 Å². The highest BCUT2D eigenvalue weighted by Gasteiger charge is 2.49. The summed E-state index contributed by atoms with van der Waals surface area (Å²) in [5.74, 6) is 0.0977. The first-order valence-electron chi connectivity index (χ1n) is 7.17. The maximum absolute atomic E-state index is 12.3. The molecule has 2 bridgehead atoms. The maximum Gasteiger partial charge on any atom is 0.310 e. The Bertz CT molecular complexity index is 502. The lowest BCUT2D eigenvalue weighted by atomic mass is 9.76. The molecule has 2 saturated heterocycles. The van der Waals surface area contributed by atoms with Gasteiger partial charge in [-0.1, -0.05) is 23.7 Å². The van der Waals surface area contributed by atoms with Crippen LogP contribution in [0.15, 0.2) is 24.3 Å². The number of hydrogen-bond donors (Lipinski definition) is 0. The van der Waals surface area contributed by atoms with Crippen LogP contribution in [-0.2, 0) is 9.53 Å². The van der Waals surface area contributed by atoms with Crippen molar-refractivity contribution in [1.29, 1.82) is 0 Å². The first-order chi connectivity index (χ1) is 9.61. The smallest absolute Gasteiger partial charge is 0.310 e. The van der Waals surface area contributed by atoms with Crippen LogP contribution in [-0.4, -0.2) is 37.1 Å². The van der Waals surface area contributed by atoms with Crippen LogP contribution in [0.2, 0.25) is 5.02 Å². The van der Waals surface area contributed by atoms with E-state index >= 15 is 0 Å². The highest BCUT2D eigenvalue weighted by Crippen LogP contribution is 2.46. The van der Waals surface area contributed by atoms with E-state index < -0.39 is 0 Å². The molecule has 1 aromatic carbocycles. The van der Waals surface area contributed by atoms with E-state index in [-0.39, 0.29) is 17.8 Å². The molecule has 0 aliphatic carbocycles. The van der Waals surface area contributed by atoms with Crippen LogP contribution in [0.1, 0.15) is 30.7 Å². The molecule has 3 nitrogen and oxygen atoms in total. The molecule has 3 rings (SSSR count). The molecule has 4 atom stereocenters. The highest BCUT2D eigenvalue weighted by atomic mass is 35.5. The molecule has 4 heteroatoms. The fourth-order valence-electron chi connectivity index (χ4n) is 3.98. The summed E-state index contributed by atoms with van der Waals surface area (Å²) in [7, 11) is 3.62. The Hall–Kier alpha value is -1.06. The summed E-state index contributed by atoms with van der Waals surface area (Å²) in [5, 5.41) is 0.735. The summed E-state index contributed by atoms with van der Waals surface area (Å²) in [5.41, 5.74) is 1.20. The average molecular weight is 294 g/mol. The van der Waals surface area contributed by atoms with Crippen LogP contribution in [0.25, 0.3) is 0 Å². The SMILES string of the molecule is COC(=O)[C@H]1[C@@H](c2ccc(Cl)cc2)C[C@H]2CC[C@H]1N2C. The van der Waals surface area contributed by atoms with Crippen LogP contribution in [0.5, 0.6) is 0 Å². The number of ether oxygens (including phenoxy) is 1. The zero-order chi connectivity index (χ0) is 14.3. The van der Waals surface area contributed by atoms with E-state index in [1.54, 1.807) is 0 Å². The van der Waals surface area contributed by atoms with Gasteiger partial charge in [0, 0.05) is 23.0 Å². The molecule has 1 aromatic rings. The van der Waals surface area contributed by atoms with Gasteiger partial charge in [0.1, 0.15) is 0 Å². The summed E-state index contributed by atoms with van der Waals surface area (Å²) < 4.78 is 5.07. The minimum Gasteiger partial charge on any atom is -0.469 e. The molecule has 0 saturated carbocycles. The number of benzene rings is 1. The third-order valence-electron chi connectivity index (χ3n) is 5.04. The van der Waals surface area contributed by atoms with Crippen molar-refractivity contribution in [2.24, 2.45) is 5.92 Å². The van der Waals surface area contributed by atoms with Gasteiger partial charge in [-0.05, 0) is 44.0 Å². The zero-order valence-electron chi connectivity index (χ0n) is 11.9. The molecule has 0 unspecified atom stereocenters. The Labute approximate surface area is 124 Å². The Morgan fingerprint density at radius 3 is 2.65 bits per heavy atom.